The van der Waals surface area contributed by atoms with E-state index in [9.17, 15) is 14.4 Å². The van der Waals surface area contributed by atoms with E-state index in [1.165, 1.54) is 20.5 Å². The second kappa shape index (κ2) is 13.5. The van der Waals surface area contributed by atoms with Gasteiger partial charge in [0.05, 0.1) is 37.5 Å². The Balaban J connectivity index is 1.61. The summed E-state index contributed by atoms with van der Waals surface area (Å²) in [5.74, 6) is -0.237. The van der Waals surface area contributed by atoms with Gasteiger partial charge < -0.3 is 19.2 Å². The number of halogens is 1. The van der Waals surface area contributed by atoms with Crippen LogP contribution in [0.15, 0.2) is 59.1 Å². The molecule has 0 bridgehead atoms. The largest absolute Gasteiger partial charge is 0.497 e. The summed E-state index contributed by atoms with van der Waals surface area (Å²) < 4.78 is 11.2. The van der Waals surface area contributed by atoms with Crippen LogP contribution in [0.25, 0.3) is 0 Å². The molecule has 4 rings (SSSR count). The summed E-state index contributed by atoms with van der Waals surface area (Å²) in [6.45, 7) is 5.09. The lowest BCUT2D eigenvalue weighted by Gasteiger charge is -2.31. The molecule has 0 atom stereocenters. The molecule has 0 saturated carbocycles. The molecule has 0 aliphatic carbocycles. The zero-order chi connectivity index (χ0) is 29.5. The molecule has 9 nitrogen and oxygen atoms in total. The number of benzene rings is 3. The van der Waals surface area contributed by atoms with Crippen molar-refractivity contribution in [3.05, 3.63) is 81.3 Å². The maximum absolute atomic E-state index is 13.8. The van der Waals surface area contributed by atoms with Gasteiger partial charge in [0.15, 0.2) is 5.78 Å². The van der Waals surface area contributed by atoms with Gasteiger partial charge in [-0.2, -0.15) is 0 Å². The molecule has 1 aliphatic rings. The Hall–Kier alpha value is -4.05. The van der Waals surface area contributed by atoms with Crippen LogP contribution in [0.2, 0.25) is 0 Å². The summed E-state index contributed by atoms with van der Waals surface area (Å²) in [5.41, 5.74) is 6.35. The molecule has 0 spiro atoms. The number of ether oxygens (including phenoxy) is 2. The van der Waals surface area contributed by atoms with Gasteiger partial charge in [-0.05, 0) is 86.7 Å². The van der Waals surface area contributed by atoms with Crippen molar-refractivity contribution in [1.82, 2.24) is 5.43 Å². The van der Waals surface area contributed by atoms with Crippen molar-refractivity contribution in [3.63, 3.8) is 0 Å². The molecule has 1 N–H and O–H groups in total. The summed E-state index contributed by atoms with van der Waals surface area (Å²) in [6, 6.07) is 15.8. The van der Waals surface area contributed by atoms with E-state index < -0.39 is 11.9 Å². The maximum atomic E-state index is 13.8. The Morgan fingerprint density at radius 2 is 1.68 bits per heavy atom. The van der Waals surface area contributed by atoms with Gasteiger partial charge in [0.2, 0.25) is 0 Å². The van der Waals surface area contributed by atoms with E-state index in [1.54, 1.807) is 43.5 Å². The molecule has 0 radical (unpaired) electrons. The maximum Gasteiger partial charge on any atom is 0.339 e. The fraction of sp³-hybridized carbons (Fsp3) is 0.323. The third-order valence-corrected chi connectivity index (χ3v) is 7.70. The summed E-state index contributed by atoms with van der Waals surface area (Å²) in [7, 11) is 3.01. The summed E-state index contributed by atoms with van der Waals surface area (Å²) in [6.07, 6.45) is 3.15. The van der Waals surface area contributed by atoms with Gasteiger partial charge in [-0.25, -0.2) is 10.2 Å². The number of aryl methyl sites for hydroxylation is 1. The summed E-state index contributed by atoms with van der Waals surface area (Å²) in [4.78, 5) is 46.9. The van der Waals surface area contributed by atoms with E-state index in [-0.39, 0.29) is 12.2 Å². The molecule has 1 heterocycles. The molecule has 3 aromatic rings. The van der Waals surface area contributed by atoms with Crippen molar-refractivity contribution in [1.29, 1.82) is 0 Å². The van der Waals surface area contributed by atoms with Gasteiger partial charge in [-0.1, -0.05) is 28.1 Å². The predicted octanol–water partition coefficient (Wildman–Crippen LogP) is 5.82. The molecule has 1 amide bonds. The minimum atomic E-state index is -0.638. The number of carbonyl (C=O) groups excluding carboxylic acids is 3. The van der Waals surface area contributed by atoms with Crippen molar-refractivity contribution >= 4 is 45.0 Å². The van der Waals surface area contributed by atoms with E-state index >= 15 is 0 Å². The van der Waals surface area contributed by atoms with Crippen molar-refractivity contribution in [2.45, 2.75) is 39.5 Å². The molecule has 10 heteroatoms. The zero-order valence-corrected chi connectivity index (χ0v) is 25.2. The number of methoxy groups -OCH3 is 2. The number of hydrogen-bond acceptors (Lipinski definition) is 8. The number of carbonyl (C=O) groups is 3. The van der Waals surface area contributed by atoms with Crippen molar-refractivity contribution < 1.29 is 28.7 Å². The molecule has 41 heavy (non-hydrogen) atoms. The summed E-state index contributed by atoms with van der Waals surface area (Å²) in [5, 5.41) is 1.08. The first kappa shape index (κ1) is 29.9. The highest BCUT2D eigenvalue weighted by atomic mass is 79.9. The lowest BCUT2D eigenvalue weighted by molar-refractivity contribution is -0.145. The van der Waals surface area contributed by atoms with Gasteiger partial charge in [-0.3, -0.25) is 9.59 Å². The molecular weight excluding hydrogens is 590 g/mol. The highest BCUT2D eigenvalue weighted by Gasteiger charge is 2.24. The number of anilines is 2. The minimum absolute atomic E-state index is 0.152. The third-order valence-electron chi connectivity index (χ3n) is 6.96. The van der Waals surface area contributed by atoms with E-state index in [2.05, 4.69) is 26.3 Å². The van der Waals surface area contributed by atoms with Gasteiger partial charge in [0.25, 0.3) is 5.91 Å². The molecule has 1 aliphatic heterocycles. The first-order valence-electron chi connectivity index (χ1n) is 13.4. The zero-order valence-electron chi connectivity index (χ0n) is 23.7. The molecule has 1 saturated heterocycles. The number of Topliss-reactive ketones (excluding diaryl/α,β-unsaturated/α-hetero) is 1. The Morgan fingerprint density at radius 3 is 2.32 bits per heavy atom. The Labute approximate surface area is 248 Å². The first-order chi connectivity index (χ1) is 19.7. The van der Waals surface area contributed by atoms with Crippen molar-refractivity contribution in [2.24, 2.45) is 0 Å². The number of nitrogens with zero attached hydrogens (tertiary/aromatic N) is 2. The van der Waals surface area contributed by atoms with E-state index in [1.807, 2.05) is 25.1 Å². The number of piperidine rings is 1. The number of ketones is 1. The lowest BCUT2D eigenvalue weighted by Crippen LogP contribution is -2.45. The van der Waals surface area contributed by atoms with E-state index in [4.69, 9.17) is 14.3 Å². The second-order valence-corrected chi connectivity index (χ2v) is 10.6. The molecular formula is C31H34BrN3O6. The lowest BCUT2D eigenvalue weighted by atomic mass is 10.0. The van der Waals surface area contributed by atoms with Crippen LogP contribution >= 0.6 is 15.9 Å². The van der Waals surface area contributed by atoms with Crippen LogP contribution in [0.4, 0.5) is 11.4 Å². The first-order valence-corrected chi connectivity index (χ1v) is 14.2. The van der Waals surface area contributed by atoms with Gasteiger partial charge in [-0.15, -0.1) is 5.17 Å². The normalized spacial score (nSPS) is 12.9. The third kappa shape index (κ3) is 7.18. The summed E-state index contributed by atoms with van der Waals surface area (Å²) >= 11 is 3.44. The van der Waals surface area contributed by atoms with Crippen LogP contribution in [0.3, 0.4) is 0 Å². The topological polar surface area (TPSA) is 97.4 Å². The smallest absolute Gasteiger partial charge is 0.339 e. The number of rotatable bonds is 10. The minimum Gasteiger partial charge on any atom is -0.497 e. The van der Waals surface area contributed by atoms with Crippen LogP contribution in [-0.2, 0) is 16.1 Å². The van der Waals surface area contributed by atoms with Crippen LogP contribution in [0.1, 0.15) is 58.0 Å². The average Bonchev–Trinajstić information content (AvgIpc) is 2.97. The van der Waals surface area contributed by atoms with Gasteiger partial charge >= 0.3 is 5.97 Å². The van der Waals surface area contributed by atoms with Gasteiger partial charge in [0, 0.05) is 23.2 Å². The van der Waals surface area contributed by atoms with E-state index in [0.29, 0.717) is 38.3 Å². The molecule has 3 aromatic carbocycles. The number of amides is 1. The monoisotopic (exact) mass is 623 g/mol. The van der Waals surface area contributed by atoms with Crippen LogP contribution in [0, 0.1) is 6.92 Å². The average molecular weight is 625 g/mol. The van der Waals surface area contributed by atoms with Crippen molar-refractivity contribution in [3.8, 4) is 11.5 Å². The van der Waals surface area contributed by atoms with Crippen LogP contribution in [-0.4, -0.2) is 45.0 Å². The number of hydrogen-bond donors (Lipinski definition) is 1. The number of hydrazine groups is 1. The van der Waals surface area contributed by atoms with Crippen LogP contribution in [0.5, 0.6) is 11.5 Å². The molecule has 0 unspecified atom stereocenters. The highest BCUT2D eigenvalue weighted by molar-refractivity contribution is 9.10. The predicted molar refractivity (Wildman–Crippen MR) is 161 cm³/mol. The standard InChI is InChI=1S/C31H34BrN3O6/c1-20-9-8-10-27(34-15-6-5-7-16-34)30(20)31(38)33-35(23-11-13-24(39-3)14-12-23)41-29(37)18-22-17-28(40-4)25(21(2)36)19-26(22)32/h8-14,17,19H,5-7,15-16,18H2,1-4H3,(H,33,38). The Morgan fingerprint density at radius 1 is 0.976 bits per heavy atom. The Bertz CT molecular complexity index is 1420. The van der Waals surface area contributed by atoms with Gasteiger partial charge in [0.1, 0.15) is 11.5 Å². The molecule has 1 fully saturated rings. The van der Waals surface area contributed by atoms with Crippen LogP contribution < -0.4 is 25.0 Å². The van der Waals surface area contributed by atoms with Crippen molar-refractivity contribution in [2.75, 3.05) is 37.4 Å². The number of nitrogens with one attached hydrogen (secondary N) is 1. The Kier molecular flexibility index (Phi) is 9.88. The highest BCUT2D eigenvalue weighted by Crippen LogP contribution is 2.30. The quantitative estimate of drug-likeness (QED) is 0.223. The molecule has 216 valence electrons. The fourth-order valence-corrected chi connectivity index (χ4v) is 5.30. The molecule has 0 aromatic heterocycles. The SMILES string of the molecule is COc1ccc(N(NC(=O)c2c(C)cccc2N2CCCCC2)OC(=O)Cc2cc(OC)c(C(C)=O)cc2Br)cc1. The second-order valence-electron chi connectivity index (χ2n) is 9.79. The fourth-order valence-electron chi connectivity index (χ4n) is 4.82. The van der Waals surface area contributed by atoms with E-state index in [0.717, 1.165) is 42.4 Å².